The number of fused-ring (bicyclic) bond motifs is 1. The number of likely N-dealkylation sites (tertiary alicyclic amines) is 1. The van der Waals surface area contributed by atoms with E-state index in [-0.39, 0.29) is 18.1 Å². The molecule has 1 N–H and O–H groups in total. The van der Waals surface area contributed by atoms with Gasteiger partial charge in [0.05, 0.1) is 18.7 Å². The van der Waals surface area contributed by atoms with Gasteiger partial charge in [0, 0.05) is 25.7 Å². The first-order chi connectivity index (χ1) is 11.5. The number of nitrogens with zero attached hydrogens (tertiary/aromatic N) is 6. The van der Waals surface area contributed by atoms with Crippen molar-refractivity contribution in [2.45, 2.75) is 38.6 Å². The first-order valence-electron chi connectivity index (χ1n) is 8.06. The maximum absolute atomic E-state index is 12.5. The van der Waals surface area contributed by atoms with Gasteiger partial charge in [-0.05, 0) is 20.4 Å². The van der Waals surface area contributed by atoms with Crippen molar-refractivity contribution in [3.8, 4) is 0 Å². The van der Waals surface area contributed by atoms with Crippen LogP contribution < -0.4 is 0 Å². The van der Waals surface area contributed by atoms with E-state index in [0.717, 1.165) is 11.6 Å². The van der Waals surface area contributed by atoms with Crippen molar-refractivity contribution < 1.29 is 14.4 Å². The second kappa shape index (κ2) is 5.67. The number of aliphatic hydroxyl groups is 1. The molecule has 1 fully saturated rings. The molecule has 2 aromatic heterocycles. The van der Waals surface area contributed by atoms with Crippen LogP contribution in [0.5, 0.6) is 0 Å². The highest BCUT2D eigenvalue weighted by molar-refractivity contribution is 5.92. The molecule has 9 heteroatoms. The van der Waals surface area contributed by atoms with E-state index < -0.39 is 0 Å². The van der Waals surface area contributed by atoms with Crippen molar-refractivity contribution in [3.63, 3.8) is 0 Å². The van der Waals surface area contributed by atoms with E-state index in [4.69, 9.17) is 4.52 Å². The van der Waals surface area contributed by atoms with Crippen LogP contribution in [0.2, 0.25) is 0 Å². The van der Waals surface area contributed by atoms with Gasteiger partial charge in [0.1, 0.15) is 5.76 Å². The first-order valence-corrected chi connectivity index (χ1v) is 8.06. The Morgan fingerprint density at radius 3 is 2.88 bits per heavy atom. The quantitative estimate of drug-likeness (QED) is 0.824. The molecule has 0 unspecified atom stereocenters. The number of carbonyl (C=O) groups is 1. The molecule has 2 aliphatic rings. The average molecular weight is 332 g/mol. The summed E-state index contributed by atoms with van der Waals surface area (Å²) >= 11 is 0. The van der Waals surface area contributed by atoms with E-state index in [1.54, 1.807) is 17.9 Å². The van der Waals surface area contributed by atoms with Crippen molar-refractivity contribution >= 4 is 5.91 Å². The minimum absolute atomic E-state index is 0.0710. The van der Waals surface area contributed by atoms with Crippen LogP contribution >= 0.6 is 0 Å². The zero-order chi connectivity index (χ0) is 16.8. The Balaban J connectivity index is 1.54. The Hall–Kier alpha value is -2.26. The van der Waals surface area contributed by atoms with Gasteiger partial charge in [-0.2, -0.15) is 0 Å². The summed E-state index contributed by atoms with van der Waals surface area (Å²) in [5, 5.41) is 22.2. The predicted octanol–water partition coefficient (Wildman–Crippen LogP) is -0.0320. The van der Waals surface area contributed by atoms with Gasteiger partial charge in [0.25, 0.3) is 5.91 Å². The Bertz CT molecular complexity index is 769. The second-order valence-electron chi connectivity index (χ2n) is 6.52. The average Bonchev–Trinajstić information content (AvgIpc) is 3.24. The van der Waals surface area contributed by atoms with Gasteiger partial charge < -0.3 is 19.1 Å². The fraction of sp³-hybridized carbons (Fsp3) is 0.600. The van der Waals surface area contributed by atoms with Gasteiger partial charge in [-0.3, -0.25) is 9.69 Å². The van der Waals surface area contributed by atoms with E-state index in [1.165, 1.54) is 0 Å². The number of carbonyl (C=O) groups excluding carboxylic acids is 1. The summed E-state index contributed by atoms with van der Waals surface area (Å²) < 4.78 is 7.05. The molecule has 1 saturated heterocycles. The van der Waals surface area contributed by atoms with Crippen molar-refractivity contribution in [2.75, 3.05) is 20.1 Å². The lowest BCUT2D eigenvalue weighted by Crippen LogP contribution is -2.39. The third-order valence-electron chi connectivity index (χ3n) is 4.74. The fourth-order valence-corrected chi connectivity index (χ4v) is 3.50. The first kappa shape index (κ1) is 15.3. The number of amides is 1. The molecule has 1 amide bonds. The minimum atomic E-state index is -0.329. The highest BCUT2D eigenvalue weighted by atomic mass is 16.5. The highest BCUT2D eigenvalue weighted by Gasteiger charge is 2.35. The molecule has 0 saturated carbocycles. The lowest BCUT2D eigenvalue weighted by molar-refractivity contribution is 0.0694. The Kier molecular flexibility index (Phi) is 3.61. The molecule has 2 aromatic rings. The molecule has 0 aromatic carbocycles. The summed E-state index contributed by atoms with van der Waals surface area (Å²) in [6, 6.07) is 1.71. The molecule has 128 valence electrons. The summed E-state index contributed by atoms with van der Waals surface area (Å²) in [5.41, 5.74) is 0.319. The zero-order valence-corrected chi connectivity index (χ0v) is 13.7. The van der Waals surface area contributed by atoms with Crippen LogP contribution in [0.25, 0.3) is 0 Å². The summed E-state index contributed by atoms with van der Waals surface area (Å²) in [4.78, 5) is 16.3. The molecular formula is C15H20N6O3. The number of aromatic nitrogens is 4. The zero-order valence-electron chi connectivity index (χ0n) is 13.7. The highest BCUT2D eigenvalue weighted by Crippen LogP contribution is 2.30. The smallest absolute Gasteiger partial charge is 0.276 e. The molecule has 24 heavy (non-hydrogen) atoms. The molecular weight excluding hydrogens is 312 g/mol. The Labute approximate surface area is 138 Å². The SMILES string of the molecule is Cc1cc(C(=O)N2CCn3c(nnc3[C@@H]3C[C@@H](O)CN3C)C2)no1. The lowest BCUT2D eigenvalue weighted by Gasteiger charge is -2.28. The lowest BCUT2D eigenvalue weighted by atomic mass is 10.2. The molecule has 2 aliphatic heterocycles. The van der Waals surface area contributed by atoms with E-state index in [1.807, 2.05) is 7.05 Å². The minimum Gasteiger partial charge on any atom is -0.392 e. The number of likely N-dealkylation sites (N-methyl/N-ethyl adjacent to an activating group) is 1. The van der Waals surface area contributed by atoms with Gasteiger partial charge in [0.15, 0.2) is 17.3 Å². The topological polar surface area (TPSA) is 101 Å². The molecule has 0 bridgehead atoms. The standard InChI is InChI=1S/C15H20N6O3/c1-9-5-11(18-24-9)15(23)20-3-4-21-13(8-20)16-17-14(21)12-6-10(22)7-19(12)2/h5,10,12,22H,3-4,6-8H2,1-2H3/t10-,12+/m1/s1. The summed E-state index contributed by atoms with van der Waals surface area (Å²) in [6.07, 6.45) is 0.334. The van der Waals surface area contributed by atoms with Crippen LogP contribution in [0.1, 0.15) is 40.4 Å². The van der Waals surface area contributed by atoms with Crippen LogP contribution in [0.4, 0.5) is 0 Å². The molecule has 4 rings (SSSR count). The normalized spacial score (nSPS) is 24.4. The summed E-state index contributed by atoms with van der Waals surface area (Å²) in [5.74, 6) is 2.09. The van der Waals surface area contributed by atoms with Crippen molar-refractivity contribution in [1.82, 2.24) is 29.7 Å². The van der Waals surface area contributed by atoms with Crippen molar-refractivity contribution in [1.29, 1.82) is 0 Å². The number of rotatable bonds is 2. The largest absolute Gasteiger partial charge is 0.392 e. The van der Waals surface area contributed by atoms with Gasteiger partial charge >= 0.3 is 0 Å². The second-order valence-corrected chi connectivity index (χ2v) is 6.52. The third kappa shape index (κ3) is 2.49. The van der Waals surface area contributed by atoms with E-state index in [9.17, 15) is 9.90 Å². The molecule has 4 heterocycles. The van der Waals surface area contributed by atoms with Crippen molar-refractivity contribution in [3.05, 3.63) is 29.2 Å². The van der Waals surface area contributed by atoms with Crippen LogP contribution in [0.3, 0.4) is 0 Å². The van der Waals surface area contributed by atoms with Gasteiger partial charge in [-0.15, -0.1) is 10.2 Å². The van der Waals surface area contributed by atoms with E-state index in [2.05, 4.69) is 24.8 Å². The number of hydrogen-bond acceptors (Lipinski definition) is 7. The number of aryl methyl sites for hydroxylation is 1. The van der Waals surface area contributed by atoms with Crippen LogP contribution in [0.15, 0.2) is 10.6 Å². The maximum Gasteiger partial charge on any atom is 0.276 e. The summed E-state index contributed by atoms with van der Waals surface area (Å²) in [7, 11) is 1.98. The Morgan fingerprint density at radius 1 is 1.38 bits per heavy atom. The molecule has 0 aliphatic carbocycles. The predicted molar refractivity (Wildman–Crippen MR) is 82.0 cm³/mol. The van der Waals surface area contributed by atoms with E-state index >= 15 is 0 Å². The number of β-amino-alcohol motifs (C(OH)–C–C–N with tert-alkyl or cyclic N) is 1. The van der Waals surface area contributed by atoms with Gasteiger partial charge in [0.2, 0.25) is 0 Å². The maximum atomic E-state index is 12.5. The van der Waals surface area contributed by atoms with Crippen molar-refractivity contribution in [2.24, 2.45) is 0 Å². The van der Waals surface area contributed by atoms with Gasteiger partial charge in [-0.1, -0.05) is 5.16 Å². The summed E-state index contributed by atoms with van der Waals surface area (Å²) in [6.45, 7) is 4.01. The number of hydrogen-bond donors (Lipinski definition) is 1. The van der Waals surface area contributed by atoms with Gasteiger partial charge in [-0.25, -0.2) is 0 Å². The molecule has 9 nitrogen and oxygen atoms in total. The molecule has 2 atom stereocenters. The van der Waals surface area contributed by atoms with Crippen LogP contribution in [-0.4, -0.2) is 67.0 Å². The molecule has 0 radical (unpaired) electrons. The van der Waals surface area contributed by atoms with Crippen LogP contribution in [0, 0.1) is 6.92 Å². The molecule has 0 spiro atoms. The fourth-order valence-electron chi connectivity index (χ4n) is 3.50. The monoisotopic (exact) mass is 332 g/mol. The number of aliphatic hydroxyl groups excluding tert-OH is 1. The van der Waals surface area contributed by atoms with Crippen LogP contribution in [-0.2, 0) is 13.1 Å². The van der Waals surface area contributed by atoms with E-state index in [0.29, 0.717) is 44.1 Å². The Morgan fingerprint density at radius 2 is 2.21 bits per heavy atom. The third-order valence-corrected chi connectivity index (χ3v) is 4.74.